The summed E-state index contributed by atoms with van der Waals surface area (Å²) in [5.74, 6) is 2.43. The lowest BCUT2D eigenvalue weighted by atomic mass is 9.80. The average molecular weight is 216 g/mol. The predicted molar refractivity (Wildman–Crippen MR) is 63.9 cm³/mol. The molecule has 0 radical (unpaired) electrons. The lowest BCUT2D eigenvalue weighted by Crippen LogP contribution is -2.29. The standard InChI is InChI=1S/C12H22ClN/c1-11-6-2-3-7-12(11)10-14-9-5-4-8-13/h4-5,11-12,14H,2-3,6-10H2,1H3/b5-4+. The van der Waals surface area contributed by atoms with Gasteiger partial charge in [-0.3, -0.25) is 0 Å². The summed E-state index contributed by atoms with van der Waals surface area (Å²) in [6.07, 6.45) is 9.80. The van der Waals surface area contributed by atoms with E-state index in [9.17, 15) is 0 Å². The van der Waals surface area contributed by atoms with Crippen LogP contribution in [-0.2, 0) is 0 Å². The highest BCUT2D eigenvalue weighted by atomic mass is 35.5. The summed E-state index contributed by atoms with van der Waals surface area (Å²) >= 11 is 5.54. The second kappa shape index (κ2) is 7.30. The summed E-state index contributed by atoms with van der Waals surface area (Å²) in [5.41, 5.74) is 0. The van der Waals surface area contributed by atoms with Crippen LogP contribution in [-0.4, -0.2) is 19.0 Å². The SMILES string of the molecule is CC1CCCCC1CNC/C=C/CCl. The fourth-order valence-corrected chi connectivity index (χ4v) is 2.32. The van der Waals surface area contributed by atoms with Crippen molar-refractivity contribution < 1.29 is 0 Å². The number of halogens is 1. The highest BCUT2D eigenvalue weighted by Gasteiger charge is 2.20. The van der Waals surface area contributed by atoms with Gasteiger partial charge in [0, 0.05) is 12.4 Å². The highest BCUT2D eigenvalue weighted by molar-refractivity contribution is 6.18. The van der Waals surface area contributed by atoms with Crippen molar-refractivity contribution >= 4 is 11.6 Å². The Hall–Kier alpha value is -0.0100. The molecule has 1 N–H and O–H groups in total. The topological polar surface area (TPSA) is 12.0 Å². The first-order valence-corrected chi connectivity index (χ1v) is 6.29. The third-order valence-corrected chi connectivity index (χ3v) is 3.39. The largest absolute Gasteiger partial charge is 0.313 e. The Morgan fingerprint density at radius 2 is 2.07 bits per heavy atom. The molecule has 0 aromatic rings. The number of hydrogen-bond acceptors (Lipinski definition) is 1. The van der Waals surface area contributed by atoms with E-state index in [1.54, 1.807) is 0 Å². The van der Waals surface area contributed by atoms with Gasteiger partial charge in [-0.05, 0) is 24.8 Å². The van der Waals surface area contributed by atoms with Crippen molar-refractivity contribution in [2.24, 2.45) is 11.8 Å². The quantitative estimate of drug-likeness (QED) is 0.422. The summed E-state index contributed by atoms with van der Waals surface area (Å²) in [5, 5.41) is 3.47. The molecule has 0 aromatic carbocycles. The summed E-state index contributed by atoms with van der Waals surface area (Å²) in [7, 11) is 0. The van der Waals surface area contributed by atoms with E-state index in [2.05, 4.69) is 18.3 Å². The fraction of sp³-hybridized carbons (Fsp3) is 0.833. The zero-order valence-corrected chi connectivity index (χ0v) is 9.89. The van der Waals surface area contributed by atoms with Crippen molar-refractivity contribution in [1.29, 1.82) is 0 Å². The van der Waals surface area contributed by atoms with Crippen LogP contribution in [0.25, 0.3) is 0 Å². The number of nitrogens with one attached hydrogen (secondary N) is 1. The van der Waals surface area contributed by atoms with Crippen LogP contribution in [0.4, 0.5) is 0 Å². The molecule has 0 heterocycles. The molecule has 82 valence electrons. The van der Waals surface area contributed by atoms with Gasteiger partial charge in [0.2, 0.25) is 0 Å². The first-order chi connectivity index (χ1) is 6.84. The molecule has 0 aliphatic heterocycles. The summed E-state index contributed by atoms with van der Waals surface area (Å²) in [4.78, 5) is 0. The van der Waals surface area contributed by atoms with Crippen molar-refractivity contribution in [2.75, 3.05) is 19.0 Å². The maximum absolute atomic E-state index is 5.54. The maximum Gasteiger partial charge on any atom is 0.0404 e. The minimum atomic E-state index is 0.626. The summed E-state index contributed by atoms with van der Waals surface area (Å²) in [6, 6.07) is 0. The van der Waals surface area contributed by atoms with Crippen LogP contribution in [0.3, 0.4) is 0 Å². The van der Waals surface area contributed by atoms with E-state index in [0.717, 1.165) is 18.4 Å². The van der Waals surface area contributed by atoms with Crippen LogP contribution in [0.5, 0.6) is 0 Å². The molecule has 2 heteroatoms. The Labute approximate surface area is 92.9 Å². The van der Waals surface area contributed by atoms with Gasteiger partial charge >= 0.3 is 0 Å². The number of hydrogen-bond donors (Lipinski definition) is 1. The van der Waals surface area contributed by atoms with Gasteiger partial charge in [-0.1, -0.05) is 38.3 Å². The zero-order chi connectivity index (χ0) is 10.2. The summed E-state index contributed by atoms with van der Waals surface area (Å²) < 4.78 is 0. The van der Waals surface area contributed by atoms with Crippen LogP contribution in [0.2, 0.25) is 0 Å². The Morgan fingerprint density at radius 3 is 2.79 bits per heavy atom. The van der Waals surface area contributed by atoms with E-state index in [1.165, 1.54) is 32.2 Å². The fourth-order valence-electron chi connectivity index (χ4n) is 2.19. The number of alkyl halides is 1. The third kappa shape index (κ3) is 4.47. The molecule has 1 rings (SSSR count). The minimum Gasteiger partial charge on any atom is -0.313 e. The van der Waals surface area contributed by atoms with E-state index < -0.39 is 0 Å². The van der Waals surface area contributed by atoms with Gasteiger partial charge in [0.1, 0.15) is 0 Å². The second-order valence-electron chi connectivity index (χ2n) is 4.31. The molecule has 1 aliphatic rings. The Kier molecular flexibility index (Phi) is 6.29. The van der Waals surface area contributed by atoms with Gasteiger partial charge < -0.3 is 5.32 Å². The van der Waals surface area contributed by atoms with Gasteiger partial charge in [0.15, 0.2) is 0 Å². The van der Waals surface area contributed by atoms with Gasteiger partial charge in [-0.15, -0.1) is 11.6 Å². The number of rotatable bonds is 5. The van der Waals surface area contributed by atoms with Crippen LogP contribution in [0, 0.1) is 11.8 Å². The average Bonchev–Trinajstić information content (AvgIpc) is 2.20. The lowest BCUT2D eigenvalue weighted by molar-refractivity contribution is 0.250. The van der Waals surface area contributed by atoms with E-state index in [4.69, 9.17) is 11.6 Å². The molecule has 0 spiro atoms. The van der Waals surface area contributed by atoms with Crippen LogP contribution >= 0.6 is 11.6 Å². The Balaban J connectivity index is 2.07. The van der Waals surface area contributed by atoms with Crippen molar-refractivity contribution in [3.8, 4) is 0 Å². The van der Waals surface area contributed by atoms with Gasteiger partial charge in [0.05, 0.1) is 0 Å². The molecule has 1 nitrogen and oxygen atoms in total. The molecule has 1 aliphatic carbocycles. The number of allylic oxidation sites excluding steroid dienone is 1. The lowest BCUT2D eigenvalue weighted by Gasteiger charge is -2.28. The monoisotopic (exact) mass is 215 g/mol. The molecule has 0 aromatic heterocycles. The van der Waals surface area contributed by atoms with E-state index in [1.807, 2.05) is 6.08 Å². The Bertz CT molecular complexity index is 168. The van der Waals surface area contributed by atoms with E-state index in [0.29, 0.717) is 5.88 Å². The van der Waals surface area contributed by atoms with Gasteiger partial charge in [-0.2, -0.15) is 0 Å². The molecule has 2 unspecified atom stereocenters. The van der Waals surface area contributed by atoms with Crippen LogP contribution < -0.4 is 5.32 Å². The van der Waals surface area contributed by atoms with Crippen molar-refractivity contribution in [2.45, 2.75) is 32.6 Å². The van der Waals surface area contributed by atoms with E-state index >= 15 is 0 Å². The van der Waals surface area contributed by atoms with Crippen molar-refractivity contribution in [1.82, 2.24) is 5.32 Å². The Morgan fingerprint density at radius 1 is 1.29 bits per heavy atom. The molecular formula is C12H22ClN. The molecule has 0 amide bonds. The van der Waals surface area contributed by atoms with Crippen LogP contribution in [0.15, 0.2) is 12.2 Å². The first kappa shape index (κ1) is 12.1. The molecule has 1 saturated carbocycles. The van der Waals surface area contributed by atoms with Gasteiger partial charge in [-0.25, -0.2) is 0 Å². The molecule has 0 bridgehead atoms. The zero-order valence-electron chi connectivity index (χ0n) is 9.14. The first-order valence-electron chi connectivity index (χ1n) is 5.76. The summed E-state index contributed by atoms with van der Waals surface area (Å²) in [6.45, 7) is 4.53. The molecular weight excluding hydrogens is 194 g/mol. The predicted octanol–water partition coefficient (Wildman–Crippen LogP) is 3.20. The highest BCUT2D eigenvalue weighted by Crippen LogP contribution is 2.28. The maximum atomic E-state index is 5.54. The van der Waals surface area contributed by atoms with Gasteiger partial charge in [0.25, 0.3) is 0 Å². The second-order valence-corrected chi connectivity index (χ2v) is 4.61. The van der Waals surface area contributed by atoms with E-state index in [-0.39, 0.29) is 0 Å². The normalized spacial score (nSPS) is 28.4. The van der Waals surface area contributed by atoms with Crippen LogP contribution in [0.1, 0.15) is 32.6 Å². The smallest absolute Gasteiger partial charge is 0.0404 e. The van der Waals surface area contributed by atoms with Crippen molar-refractivity contribution in [3.05, 3.63) is 12.2 Å². The molecule has 14 heavy (non-hydrogen) atoms. The molecule has 1 fully saturated rings. The third-order valence-electron chi connectivity index (χ3n) is 3.21. The minimum absolute atomic E-state index is 0.626. The van der Waals surface area contributed by atoms with Crippen molar-refractivity contribution in [3.63, 3.8) is 0 Å². The molecule has 2 atom stereocenters. The molecule has 0 saturated heterocycles.